The second-order valence-electron chi connectivity index (χ2n) is 3.77. The van der Waals surface area contributed by atoms with Crippen molar-refractivity contribution in [2.75, 3.05) is 7.11 Å². The minimum atomic E-state index is -0.349. The van der Waals surface area contributed by atoms with Crippen LogP contribution >= 0.6 is 0 Å². The lowest BCUT2D eigenvalue weighted by Gasteiger charge is -2.01. The van der Waals surface area contributed by atoms with Crippen molar-refractivity contribution in [2.24, 2.45) is 0 Å². The van der Waals surface area contributed by atoms with Gasteiger partial charge in [-0.2, -0.15) is 0 Å². The minimum absolute atomic E-state index is 0.349. The third-order valence-electron chi connectivity index (χ3n) is 2.58. The second kappa shape index (κ2) is 5.82. The van der Waals surface area contributed by atoms with E-state index in [1.165, 1.54) is 13.2 Å². The molecule has 0 aromatic heterocycles. The molecule has 0 aliphatic carbocycles. The third-order valence-corrected chi connectivity index (χ3v) is 2.58. The van der Waals surface area contributed by atoms with E-state index in [4.69, 9.17) is 0 Å². The van der Waals surface area contributed by atoms with Crippen LogP contribution in [0.2, 0.25) is 0 Å². The van der Waals surface area contributed by atoms with Gasteiger partial charge in [-0.05, 0) is 28.8 Å². The van der Waals surface area contributed by atoms with E-state index in [1.54, 1.807) is 6.08 Å². The van der Waals surface area contributed by atoms with E-state index >= 15 is 0 Å². The molecule has 0 atom stereocenters. The maximum atomic E-state index is 11.0. The van der Waals surface area contributed by atoms with Crippen molar-refractivity contribution in [3.05, 3.63) is 66.2 Å². The van der Waals surface area contributed by atoms with Crippen LogP contribution in [-0.4, -0.2) is 13.1 Å². The Bertz CT molecular complexity index is 539. The molecule has 0 fully saturated rings. The SMILES string of the molecule is COC(=O)C=Cc1ccc(-c2cc[c]cc2)cc1. The monoisotopic (exact) mass is 237 g/mol. The number of hydrogen-bond acceptors (Lipinski definition) is 2. The van der Waals surface area contributed by atoms with Gasteiger partial charge in [0.25, 0.3) is 0 Å². The van der Waals surface area contributed by atoms with Gasteiger partial charge in [0.05, 0.1) is 7.11 Å². The van der Waals surface area contributed by atoms with Crippen LogP contribution in [0.25, 0.3) is 17.2 Å². The summed E-state index contributed by atoms with van der Waals surface area (Å²) in [5.41, 5.74) is 3.25. The van der Waals surface area contributed by atoms with E-state index < -0.39 is 0 Å². The highest BCUT2D eigenvalue weighted by Crippen LogP contribution is 2.19. The molecule has 2 aromatic rings. The van der Waals surface area contributed by atoms with Gasteiger partial charge in [0, 0.05) is 6.08 Å². The van der Waals surface area contributed by atoms with Crippen LogP contribution in [0, 0.1) is 6.07 Å². The maximum absolute atomic E-state index is 11.0. The van der Waals surface area contributed by atoms with E-state index in [9.17, 15) is 4.79 Å². The first-order valence-corrected chi connectivity index (χ1v) is 5.62. The van der Waals surface area contributed by atoms with Crippen LogP contribution in [0.1, 0.15) is 5.56 Å². The normalized spacial score (nSPS) is 10.5. The molecule has 0 amide bonds. The number of benzene rings is 2. The molecule has 0 bridgehead atoms. The van der Waals surface area contributed by atoms with Gasteiger partial charge in [0.15, 0.2) is 0 Å². The van der Waals surface area contributed by atoms with Crippen LogP contribution in [0.15, 0.2) is 54.6 Å². The summed E-state index contributed by atoms with van der Waals surface area (Å²) in [6.45, 7) is 0. The molecule has 2 rings (SSSR count). The molecule has 0 saturated carbocycles. The molecule has 0 unspecified atom stereocenters. The van der Waals surface area contributed by atoms with Gasteiger partial charge >= 0.3 is 5.97 Å². The predicted octanol–water partition coefficient (Wildman–Crippen LogP) is 3.34. The maximum Gasteiger partial charge on any atom is 0.330 e. The number of carbonyl (C=O) groups excluding carboxylic acids is 1. The zero-order chi connectivity index (χ0) is 12.8. The molecule has 2 aromatic carbocycles. The quantitative estimate of drug-likeness (QED) is 0.604. The summed E-state index contributed by atoms with van der Waals surface area (Å²) < 4.78 is 4.54. The molecule has 2 heteroatoms. The van der Waals surface area contributed by atoms with E-state index in [2.05, 4.69) is 10.8 Å². The van der Waals surface area contributed by atoms with Crippen molar-refractivity contribution in [1.29, 1.82) is 0 Å². The summed E-state index contributed by atoms with van der Waals surface area (Å²) in [7, 11) is 1.36. The van der Waals surface area contributed by atoms with Gasteiger partial charge in [0.2, 0.25) is 0 Å². The summed E-state index contributed by atoms with van der Waals surface area (Å²) in [4.78, 5) is 11.0. The zero-order valence-corrected chi connectivity index (χ0v) is 10.1. The zero-order valence-electron chi connectivity index (χ0n) is 10.1. The molecule has 0 spiro atoms. The van der Waals surface area contributed by atoms with Crippen molar-refractivity contribution in [2.45, 2.75) is 0 Å². The fraction of sp³-hybridized carbons (Fsp3) is 0.0625. The number of carbonyl (C=O) groups is 1. The molecule has 0 heterocycles. The summed E-state index contributed by atoms with van der Waals surface area (Å²) in [5.74, 6) is -0.349. The summed E-state index contributed by atoms with van der Waals surface area (Å²) >= 11 is 0. The largest absolute Gasteiger partial charge is 0.466 e. The Morgan fingerprint density at radius 3 is 2.28 bits per heavy atom. The standard InChI is InChI=1S/C16H13O2/c1-18-16(17)12-9-13-7-10-15(11-8-13)14-5-3-2-4-6-14/h3-12H,1H3. The topological polar surface area (TPSA) is 26.3 Å². The number of esters is 1. The van der Waals surface area contributed by atoms with Crippen LogP contribution in [-0.2, 0) is 9.53 Å². The Balaban J connectivity index is 2.16. The van der Waals surface area contributed by atoms with Gasteiger partial charge in [-0.15, -0.1) is 0 Å². The average Bonchev–Trinajstić information content (AvgIpc) is 2.46. The highest BCUT2D eigenvalue weighted by atomic mass is 16.5. The molecule has 1 radical (unpaired) electrons. The highest BCUT2D eigenvalue weighted by Gasteiger charge is 1.96. The van der Waals surface area contributed by atoms with Crippen molar-refractivity contribution in [3.8, 4) is 11.1 Å². The number of hydrogen-bond donors (Lipinski definition) is 0. The lowest BCUT2D eigenvalue weighted by Crippen LogP contribution is -1.93. The minimum Gasteiger partial charge on any atom is -0.466 e. The highest BCUT2D eigenvalue weighted by molar-refractivity contribution is 5.87. The van der Waals surface area contributed by atoms with E-state index in [0.29, 0.717) is 0 Å². The van der Waals surface area contributed by atoms with Gasteiger partial charge in [-0.3, -0.25) is 0 Å². The number of rotatable bonds is 3. The van der Waals surface area contributed by atoms with E-state index in [-0.39, 0.29) is 5.97 Å². The van der Waals surface area contributed by atoms with Gasteiger partial charge in [0.1, 0.15) is 0 Å². The fourth-order valence-electron chi connectivity index (χ4n) is 1.60. The molecular weight excluding hydrogens is 224 g/mol. The van der Waals surface area contributed by atoms with Crippen molar-refractivity contribution in [1.82, 2.24) is 0 Å². The van der Waals surface area contributed by atoms with Crippen molar-refractivity contribution in [3.63, 3.8) is 0 Å². The Labute approximate surface area is 107 Å². The van der Waals surface area contributed by atoms with E-state index in [1.807, 2.05) is 48.5 Å². The molecule has 0 saturated heterocycles. The lowest BCUT2D eigenvalue weighted by molar-refractivity contribution is -0.134. The Kier molecular flexibility index (Phi) is 3.92. The Morgan fingerprint density at radius 1 is 1.06 bits per heavy atom. The van der Waals surface area contributed by atoms with Crippen molar-refractivity contribution >= 4 is 12.0 Å². The first-order chi connectivity index (χ1) is 8.79. The Hall–Kier alpha value is -2.35. The van der Waals surface area contributed by atoms with Crippen LogP contribution in [0.4, 0.5) is 0 Å². The fourth-order valence-corrected chi connectivity index (χ4v) is 1.60. The first kappa shape index (κ1) is 12.1. The smallest absolute Gasteiger partial charge is 0.330 e. The van der Waals surface area contributed by atoms with Crippen molar-refractivity contribution < 1.29 is 9.53 Å². The molecule has 0 aliphatic heterocycles. The molecule has 89 valence electrons. The molecule has 18 heavy (non-hydrogen) atoms. The summed E-state index contributed by atoms with van der Waals surface area (Å²) in [6.07, 6.45) is 3.14. The van der Waals surface area contributed by atoms with Crippen LogP contribution in [0.3, 0.4) is 0 Å². The predicted molar refractivity (Wildman–Crippen MR) is 71.8 cm³/mol. The first-order valence-electron chi connectivity index (χ1n) is 5.62. The van der Waals surface area contributed by atoms with Gasteiger partial charge < -0.3 is 4.74 Å². The van der Waals surface area contributed by atoms with Crippen LogP contribution < -0.4 is 0 Å². The molecule has 0 N–H and O–H groups in total. The average molecular weight is 237 g/mol. The second-order valence-corrected chi connectivity index (χ2v) is 3.77. The summed E-state index contributed by atoms with van der Waals surface area (Å²) in [5, 5.41) is 0. The third kappa shape index (κ3) is 3.08. The summed E-state index contributed by atoms with van der Waals surface area (Å²) in [6, 6.07) is 18.8. The molecular formula is C16H13O2. The number of ether oxygens (including phenoxy) is 1. The van der Waals surface area contributed by atoms with Gasteiger partial charge in [-0.1, -0.05) is 48.5 Å². The Morgan fingerprint density at radius 2 is 1.67 bits per heavy atom. The number of methoxy groups -OCH3 is 1. The van der Waals surface area contributed by atoms with E-state index in [0.717, 1.165) is 16.7 Å². The molecule has 0 aliphatic rings. The van der Waals surface area contributed by atoms with Gasteiger partial charge in [-0.25, -0.2) is 4.79 Å². The molecule has 2 nitrogen and oxygen atoms in total. The lowest BCUT2D eigenvalue weighted by atomic mass is 10.0. The van der Waals surface area contributed by atoms with Crippen LogP contribution in [0.5, 0.6) is 0 Å².